The molecular weight excluding hydrogens is 196 g/mol. The minimum atomic E-state index is 0.380. The highest BCUT2D eigenvalue weighted by Gasteiger charge is 2.33. The lowest BCUT2D eigenvalue weighted by Crippen LogP contribution is -2.49. The van der Waals surface area contributed by atoms with Crippen molar-refractivity contribution in [2.45, 2.75) is 52.0 Å². The molecule has 0 aromatic heterocycles. The third-order valence-corrected chi connectivity index (χ3v) is 4.64. The largest absolute Gasteiger partial charge is 0.312 e. The van der Waals surface area contributed by atoms with Gasteiger partial charge in [-0.3, -0.25) is 0 Å². The molecule has 0 aromatic rings. The summed E-state index contributed by atoms with van der Waals surface area (Å²) in [7, 11) is 0. The first-order chi connectivity index (χ1) is 7.61. The monoisotopic (exact) mass is 224 g/mol. The van der Waals surface area contributed by atoms with Gasteiger partial charge < -0.3 is 10.2 Å². The summed E-state index contributed by atoms with van der Waals surface area (Å²) in [6.45, 7) is 12.2. The molecule has 0 amide bonds. The van der Waals surface area contributed by atoms with Crippen molar-refractivity contribution in [1.29, 1.82) is 0 Å². The zero-order chi connectivity index (χ0) is 11.6. The summed E-state index contributed by atoms with van der Waals surface area (Å²) in [6.07, 6.45) is 5.66. The van der Waals surface area contributed by atoms with Crippen LogP contribution < -0.4 is 5.32 Å². The van der Waals surface area contributed by atoms with E-state index in [0.717, 1.165) is 11.8 Å². The summed E-state index contributed by atoms with van der Waals surface area (Å²) in [5.41, 5.74) is 0.380. The van der Waals surface area contributed by atoms with E-state index in [9.17, 15) is 0 Å². The van der Waals surface area contributed by atoms with Crippen molar-refractivity contribution >= 4 is 0 Å². The summed E-state index contributed by atoms with van der Waals surface area (Å²) in [5, 5.41) is 3.64. The molecular formula is C14H28N2. The maximum absolute atomic E-state index is 3.64. The second-order valence-electron chi connectivity index (χ2n) is 6.34. The Bertz CT molecular complexity index is 217. The van der Waals surface area contributed by atoms with Crippen LogP contribution in [0.15, 0.2) is 0 Å². The highest BCUT2D eigenvalue weighted by atomic mass is 15.1. The lowest BCUT2D eigenvalue weighted by molar-refractivity contribution is 0.106. The SMILES string of the molecule is CCN1CCC(C2CCNC(C)(C)C2)CC1. The smallest absolute Gasteiger partial charge is 0.0127 e. The third-order valence-electron chi connectivity index (χ3n) is 4.64. The van der Waals surface area contributed by atoms with Crippen molar-refractivity contribution in [2.24, 2.45) is 11.8 Å². The molecule has 2 aliphatic rings. The quantitative estimate of drug-likeness (QED) is 0.775. The Morgan fingerprint density at radius 3 is 2.38 bits per heavy atom. The predicted octanol–water partition coefficient (Wildman–Crippen LogP) is 2.50. The van der Waals surface area contributed by atoms with Crippen molar-refractivity contribution in [3.05, 3.63) is 0 Å². The van der Waals surface area contributed by atoms with Gasteiger partial charge in [-0.05, 0) is 77.5 Å². The lowest BCUT2D eigenvalue weighted by Gasteiger charge is -2.43. The van der Waals surface area contributed by atoms with Crippen LogP contribution in [-0.4, -0.2) is 36.6 Å². The van der Waals surface area contributed by atoms with E-state index in [0.29, 0.717) is 5.54 Å². The van der Waals surface area contributed by atoms with E-state index in [4.69, 9.17) is 0 Å². The fourth-order valence-electron chi connectivity index (χ4n) is 3.57. The van der Waals surface area contributed by atoms with E-state index in [1.54, 1.807) is 0 Å². The van der Waals surface area contributed by atoms with Crippen molar-refractivity contribution in [1.82, 2.24) is 10.2 Å². The average molecular weight is 224 g/mol. The zero-order valence-electron chi connectivity index (χ0n) is 11.3. The van der Waals surface area contributed by atoms with E-state index in [1.165, 1.54) is 51.9 Å². The molecule has 1 N–H and O–H groups in total. The maximum Gasteiger partial charge on any atom is 0.0127 e. The molecule has 2 saturated heterocycles. The second kappa shape index (κ2) is 5.05. The van der Waals surface area contributed by atoms with E-state index in [1.807, 2.05) is 0 Å². The molecule has 0 aromatic carbocycles. The lowest BCUT2D eigenvalue weighted by atomic mass is 9.74. The summed E-state index contributed by atoms with van der Waals surface area (Å²) < 4.78 is 0. The summed E-state index contributed by atoms with van der Waals surface area (Å²) in [4.78, 5) is 2.60. The van der Waals surface area contributed by atoms with Crippen LogP contribution in [0.3, 0.4) is 0 Å². The number of piperidine rings is 2. The summed E-state index contributed by atoms with van der Waals surface area (Å²) in [5.74, 6) is 1.99. The topological polar surface area (TPSA) is 15.3 Å². The molecule has 2 fully saturated rings. The van der Waals surface area contributed by atoms with Crippen molar-refractivity contribution in [2.75, 3.05) is 26.2 Å². The molecule has 0 saturated carbocycles. The number of rotatable bonds is 2. The first-order valence-electron chi connectivity index (χ1n) is 7.08. The molecule has 0 spiro atoms. The molecule has 1 atom stereocenters. The van der Waals surface area contributed by atoms with Gasteiger partial charge in [-0.15, -0.1) is 0 Å². The second-order valence-corrected chi connectivity index (χ2v) is 6.34. The van der Waals surface area contributed by atoms with Gasteiger partial charge in [0.05, 0.1) is 0 Å². The van der Waals surface area contributed by atoms with E-state index < -0.39 is 0 Å². The summed E-state index contributed by atoms with van der Waals surface area (Å²) >= 11 is 0. The number of hydrogen-bond acceptors (Lipinski definition) is 2. The standard InChI is InChI=1S/C14H28N2/c1-4-16-9-6-12(7-10-16)13-5-8-15-14(2,3)11-13/h12-13,15H,4-11H2,1-3H3. The Labute approximate surface area is 101 Å². The molecule has 0 aliphatic carbocycles. The number of nitrogens with one attached hydrogen (secondary N) is 1. The summed E-state index contributed by atoms with van der Waals surface area (Å²) in [6, 6.07) is 0. The molecule has 0 bridgehead atoms. The highest BCUT2D eigenvalue weighted by Crippen LogP contribution is 2.35. The Morgan fingerprint density at radius 1 is 1.12 bits per heavy atom. The van der Waals surface area contributed by atoms with Crippen LogP contribution in [0.25, 0.3) is 0 Å². The molecule has 2 rings (SSSR count). The van der Waals surface area contributed by atoms with Gasteiger partial charge in [0.25, 0.3) is 0 Å². The van der Waals surface area contributed by atoms with Crippen LogP contribution in [0.4, 0.5) is 0 Å². The van der Waals surface area contributed by atoms with Crippen LogP contribution in [0.1, 0.15) is 46.5 Å². The molecule has 0 radical (unpaired) electrons. The molecule has 16 heavy (non-hydrogen) atoms. The van der Waals surface area contributed by atoms with Gasteiger partial charge in [-0.25, -0.2) is 0 Å². The maximum atomic E-state index is 3.64. The van der Waals surface area contributed by atoms with Crippen molar-refractivity contribution < 1.29 is 0 Å². The van der Waals surface area contributed by atoms with E-state index in [2.05, 4.69) is 31.0 Å². The Morgan fingerprint density at radius 2 is 1.81 bits per heavy atom. The average Bonchev–Trinajstić information content (AvgIpc) is 2.28. The molecule has 94 valence electrons. The number of nitrogens with zero attached hydrogens (tertiary/aromatic N) is 1. The first-order valence-corrected chi connectivity index (χ1v) is 7.08. The third kappa shape index (κ3) is 2.98. The van der Waals surface area contributed by atoms with Crippen molar-refractivity contribution in [3.63, 3.8) is 0 Å². The molecule has 2 aliphatic heterocycles. The number of likely N-dealkylation sites (tertiary alicyclic amines) is 1. The van der Waals surface area contributed by atoms with Crippen molar-refractivity contribution in [3.8, 4) is 0 Å². The van der Waals surface area contributed by atoms with E-state index in [-0.39, 0.29) is 0 Å². The van der Waals surface area contributed by atoms with Gasteiger partial charge in [0.1, 0.15) is 0 Å². The first kappa shape index (κ1) is 12.4. The Balaban J connectivity index is 1.84. The van der Waals surface area contributed by atoms with E-state index >= 15 is 0 Å². The van der Waals surface area contributed by atoms with Crippen LogP contribution >= 0.6 is 0 Å². The molecule has 2 nitrogen and oxygen atoms in total. The predicted molar refractivity (Wildman–Crippen MR) is 69.6 cm³/mol. The van der Waals surface area contributed by atoms with Gasteiger partial charge in [0.15, 0.2) is 0 Å². The fraction of sp³-hybridized carbons (Fsp3) is 1.00. The minimum absolute atomic E-state index is 0.380. The minimum Gasteiger partial charge on any atom is -0.312 e. The zero-order valence-corrected chi connectivity index (χ0v) is 11.3. The molecule has 2 heteroatoms. The van der Waals surface area contributed by atoms with Gasteiger partial charge in [-0.1, -0.05) is 6.92 Å². The van der Waals surface area contributed by atoms with Crippen LogP contribution in [0.2, 0.25) is 0 Å². The van der Waals surface area contributed by atoms with Crippen LogP contribution in [0, 0.1) is 11.8 Å². The number of hydrogen-bond donors (Lipinski definition) is 1. The van der Waals surface area contributed by atoms with Gasteiger partial charge in [0.2, 0.25) is 0 Å². The molecule has 1 unspecified atom stereocenters. The fourth-order valence-corrected chi connectivity index (χ4v) is 3.57. The van der Waals surface area contributed by atoms with Gasteiger partial charge >= 0.3 is 0 Å². The van der Waals surface area contributed by atoms with Crippen LogP contribution in [0.5, 0.6) is 0 Å². The molecule has 2 heterocycles. The Kier molecular flexibility index (Phi) is 3.91. The van der Waals surface area contributed by atoms with Gasteiger partial charge in [0, 0.05) is 5.54 Å². The van der Waals surface area contributed by atoms with Gasteiger partial charge in [-0.2, -0.15) is 0 Å². The normalized spacial score (nSPS) is 32.8. The highest BCUT2D eigenvalue weighted by molar-refractivity contribution is 4.90. The Hall–Kier alpha value is -0.0800. The van der Waals surface area contributed by atoms with Crippen LogP contribution in [-0.2, 0) is 0 Å².